The quantitative estimate of drug-likeness (QED) is 0.815. The highest BCUT2D eigenvalue weighted by Gasteiger charge is 2.30. The minimum absolute atomic E-state index is 0.0123. The molecule has 2 amide bonds. The van der Waals surface area contributed by atoms with Gasteiger partial charge in [-0.05, 0) is 30.4 Å². The zero-order chi connectivity index (χ0) is 13.7. The van der Waals surface area contributed by atoms with E-state index in [4.69, 9.17) is 0 Å². The van der Waals surface area contributed by atoms with Gasteiger partial charge in [0.2, 0.25) is 0 Å². The van der Waals surface area contributed by atoms with Crippen LogP contribution in [0.2, 0.25) is 0 Å². The van der Waals surface area contributed by atoms with E-state index in [2.05, 4.69) is 12.2 Å². The molecule has 1 aliphatic rings. The zero-order valence-corrected chi connectivity index (χ0v) is 11.4. The number of hydrogen-bond donors (Lipinski definition) is 1. The topological polar surface area (TPSA) is 32.3 Å². The van der Waals surface area contributed by atoms with Crippen molar-refractivity contribution in [3.05, 3.63) is 35.6 Å². The summed E-state index contributed by atoms with van der Waals surface area (Å²) in [6.07, 6.45) is 2.81. The first-order chi connectivity index (χ1) is 9.20. The van der Waals surface area contributed by atoms with Gasteiger partial charge in [-0.1, -0.05) is 31.5 Å². The highest BCUT2D eigenvalue weighted by Crippen LogP contribution is 2.21. The second-order valence-electron chi connectivity index (χ2n) is 5.15. The van der Waals surface area contributed by atoms with Crippen LogP contribution in [-0.4, -0.2) is 30.6 Å². The smallest absolute Gasteiger partial charge is 0.317 e. The Morgan fingerprint density at radius 2 is 2.16 bits per heavy atom. The van der Waals surface area contributed by atoms with Gasteiger partial charge in [-0.15, -0.1) is 0 Å². The van der Waals surface area contributed by atoms with E-state index in [1.807, 2.05) is 12.1 Å². The summed E-state index contributed by atoms with van der Waals surface area (Å²) in [5.74, 6) is 0.238. The van der Waals surface area contributed by atoms with Crippen molar-refractivity contribution in [2.24, 2.45) is 5.92 Å². The summed E-state index contributed by atoms with van der Waals surface area (Å²) in [5.41, 5.74) is 0.749. The third-order valence-electron chi connectivity index (χ3n) is 3.52. The van der Waals surface area contributed by atoms with E-state index in [1.165, 1.54) is 6.07 Å². The number of benzene rings is 1. The first-order valence-electron chi connectivity index (χ1n) is 6.97. The first-order valence-corrected chi connectivity index (χ1v) is 6.97. The van der Waals surface area contributed by atoms with Crippen LogP contribution in [0, 0.1) is 11.7 Å². The second-order valence-corrected chi connectivity index (χ2v) is 5.15. The summed E-state index contributed by atoms with van der Waals surface area (Å²) in [6.45, 7) is 4.29. The molecule has 0 saturated carbocycles. The molecule has 0 aliphatic carbocycles. The van der Waals surface area contributed by atoms with Gasteiger partial charge in [0, 0.05) is 19.6 Å². The maximum atomic E-state index is 13.5. The van der Waals surface area contributed by atoms with E-state index in [-0.39, 0.29) is 11.8 Å². The normalized spacial score (nSPS) is 15.2. The summed E-state index contributed by atoms with van der Waals surface area (Å²) >= 11 is 0. The van der Waals surface area contributed by atoms with Crippen LogP contribution in [0.1, 0.15) is 25.3 Å². The van der Waals surface area contributed by atoms with Crippen LogP contribution in [0.15, 0.2) is 24.3 Å². The molecule has 0 bridgehead atoms. The Labute approximate surface area is 113 Å². The number of likely N-dealkylation sites (tertiary alicyclic amines) is 1. The molecule has 19 heavy (non-hydrogen) atoms. The minimum Gasteiger partial charge on any atom is -0.338 e. The fraction of sp³-hybridized carbons (Fsp3) is 0.533. The number of halogens is 1. The number of carbonyl (C=O) groups excluding carboxylic acids is 1. The summed E-state index contributed by atoms with van der Waals surface area (Å²) in [5, 5.41) is 2.89. The van der Waals surface area contributed by atoms with Crippen molar-refractivity contribution in [1.82, 2.24) is 10.2 Å². The minimum atomic E-state index is -0.145. The molecule has 0 aromatic heterocycles. The van der Waals surface area contributed by atoms with Gasteiger partial charge < -0.3 is 10.2 Å². The third-order valence-corrected chi connectivity index (χ3v) is 3.52. The largest absolute Gasteiger partial charge is 0.338 e. The fourth-order valence-electron chi connectivity index (χ4n) is 2.32. The van der Waals surface area contributed by atoms with Gasteiger partial charge in [-0.2, -0.15) is 0 Å². The van der Waals surface area contributed by atoms with E-state index in [0.29, 0.717) is 12.3 Å². The molecule has 1 aromatic rings. The lowest BCUT2D eigenvalue weighted by molar-refractivity contribution is 0.120. The van der Waals surface area contributed by atoms with Crippen molar-refractivity contribution in [3.8, 4) is 0 Å². The molecule has 2 rings (SSSR count). The molecule has 1 aromatic carbocycles. The number of nitrogens with one attached hydrogen (secondary N) is 1. The lowest BCUT2D eigenvalue weighted by atomic mass is 9.92. The van der Waals surface area contributed by atoms with E-state index >= 15 is 0 Å². The Morgan fingerprint density at radius 3 is 2.84 bits per heavy atom. The van der Waals surface area contributed by atoms with Crippen LogP contribution in [0.4, 0.5) is 9.18 Å². The predicted molar refractivity (Wildman–Crippen MR) is 73.5 cm³/mol. The number of amides is 2. The molecule has 0 spiro atoms. The number of nitrogens with zero attached hydrogens (tertiary/aromatic N) is 1. The summed E-state index contributed by atoms with van der Waals surface area (Å²) in [7, 11) is 0. The fourth-order valence-corrected chi connectivity index (χ4v) is 2.32. The second kappa shape index (κ2) is 6.55. The summed E-state index contributed by atoms with van der Waals surface area (Å²) in [6, 6.07) is 6.88. The maximum absolute atomic E-state index is 13.5. The van der Waals surface area contributed by atoms with Crippen LogP contribution in [0.25, 0.3) is 0 Å². The average Bonchev–Trinajstić information content (AvgIpc) is 2.35. The summed E-state index contributed by atoms with van der Waals surface area (Å²) in [4.78, 5) is 13.5. The zero-order valence-electron chi connectivity index (χ0n) is 11.4. The van der Waals surface area contributed by atoms with Crippen molar-refractivity contribution in [3.63, 3.8) is 0 Å². The van der Waals surface area contributed by atoms with Gasteiger partial charge in [0.25, 0.3) is 0 Å². The molecule has 0 radical (unpaired) electrons. The van der Waals surface area contributed by atoms with E-state index in [1.54, 1.807) is 11.0 Å². The Hall–Kier alpha value is -1.58. The molecule has 0 atom stereocenters. The van der Waals surface area contributed by atoms with Crippen molar-refractivity contribution in [2.75, 3.05) is 19.6 Å². The SMILES string of the molecule is CCCCNC(=O)N1CC(Cc2ccccc2F)C1. The Morgan fingerprint density at radius 1 is 1.42 bits per heavy atom. The van der Waals surface area contributed by atoms with Gasteiger partial charge in [0.1, 0.15) is 5.82 Å². The molecule has 1 N–H and O–H groups in total. The Kier molecular flexibility index (Phi) is 4.77. The van der Waals surface area contributed by atoms with E-state index in [9.17, 15) is 9.18 Å². The van der Waals surface area contributed by atoms with Gasteiger partial charge in [0.05, 0.1) is 0 Å². The maximum Gasteiger partial charge on any atom is 0.317 e. The molecule has 1 saturated heterocycles. The third kappa shape index (κ3) is 3.69. The van der Waals surface area contributed by atoms with Gasteiger partial charge >= 0.3 is 6.03 Å². The predicted octanol–water partition coefficient (Wildman–Crippen LogP) is 2.81. The monoisotopic (exact) mass is 264 g/mol. The highest BCUT2D eigenvalue weighted by molar-refractivity contribution is 5.75. The van der Waals surface area contributed by atoms with Crippen LogP contribution >= 0.6 is 0 Å². The van der Waals surface area contributed by atoms with Crippen molar-refractivity contribution < 1.29 is 9.18 Å². The van der Waals surface area contributed by atoms with Gasteiger partial charge in [-0.3, -0.25) is 0 Å². The molecule has 3 nitrogen and oxygen atoms in total. The lowest BCUT2D eigenvalue weighted by Crippen LogP contribution is -2.54. The number of unbranched alkanes of at least 4 members (excludes halogenated alkanes) is 1. The van der Waals surface area contributed by atoms with Crippen molar-refractivity contribution >= 4 is 6.03 Å². The lowest BCUT2D eigenvalue weighted by Gasteiger charge is -2.39. The number of hydrogen-bond acceptors (Lipinski definition) is 1. The molecule has 1 aliphatic heterocycles. The molecular formula is C15H21FN2O. The van der Waals surface area contributed by atoms with Crippen LogP contribution in [0.3, 0.4) is 0 Å². The molecule has 1 fully saturated rings. The Bertz CT molecular complexity index is 430. The van der Waals surface area contributed by atoms with E-state index in [0.717, 1.165) is 38.0 Å². The van der Waals surface area contributed by atoms with Crippen molar-refractivity contribution in [1.29, 1.82) is 0 Å². The first kappa shape index (κ1) is 13.8. The molecule has 1 heterocycles. The average molecular weight is 264 g/mol. The van der Waals surface area contributed by atoms with Crippen molar-refractivity contribution in [2.45, 2.75) is 26.2 Å². The highest BCUT2D eigenvalue weighted by atomic mass is 19.1. The standard InChI is InChI=1S/C15H21FN2O/c1-2-3-8-17-15(19)18-10-12(11-18)9-13-6-4-5-7-14(13)16/h4-7,12H,2-3,8-11H2,1H3,(H,17,19). The van der Waals surface area contributed by atoms with Gasteiger partial charge in [0.15, 0.2) is 0 Å². The summed E-state index contributed by atoms with van der Waals surface area (Å²) < 4.78 is 13.5. The molecule has 0 unspecified atom stereocenters. The number of carbonyl (C=O) groups is 1. The van der Waals surface area contributed by atoms with Crippen LogP contribution < -0.4 is 5.32 Å². The van der Waals surface area contributed by atoms with Gasteiger partial charge in [-0.25, -0.2) is 9.18 Å². The number of rotatable bonds is 5. The van der Waals surface area contributed by atoms with Crippen LogP contribution in [0.5, 0.6) is 0 Å². The molecular weight excluding hydrogens is 243 g/mol. The van der Waals surface area contributed by atoms with Crippen LogP contribution in [-0.2, 0) is 6.42 Å². The molecule has 4 heteroatoms. The number of urea groups is 1. The Balaban J connectivity index is 1.71. The van der Waals surface area contributed by atoms with E-state index < -0.39 is 0 Å². The molecule has 104 valence electrons.